The van der Waals surface area contributed by atoms with Crippen LogP contribution in [-0.2, 0) is 23.9 Å². The van der Waals surface area contributed by atoms with Crippen LogP contribution in [0.5, 0.6) is 0 Å². The average Bonchev–Trinajstić information content (AvgIpc) is 2.93. The molecule has 0 heterocycles. The van der Waals surface area contributed by atoms with Crippen LogP contribution in [0.2, 0.25) is 0 Å². The molecule has 0 aromatic heterocycles. The van der Waals surface area contributed by atoms with E-state index in [1.807, 2.05) is 0 Å². The van der Waals surface area contributed by atoms with Gasteiger partial charge >= 0.3 is 0 Å². The molecule has 0 radical (unpaired) electrons. The van der Waals surface area contributed by atoms with E-state index in [0.29, 0.717) is 24.8 Å². The van der Waals surface area contributed by atoms with Gasteiger partial charge in [0.15, 0.2) is 17.2 Å². The molecule has 0 amide bonds. The van der Waals surface area contributed by atoms with E-state index in [4.69, 9.17) is 0 Å². The lowest BCUT2D eigenvalue weighted by atomic mass is 9.44. The number of ketones is 2. The second-order valence-electron chi connectivity index (χ2n) is 10.1. The SMILES string of the molecule is C[C@]12C=CC(=O)C=C1CC[C@H]1[C@@H]3CC[C@](O)(C(=O)COS(C)(=O)=O)[C@@]3(C)C[C@H](O)[C@@]12F. The third-order valence-corrected chi connectivity index (χ3v) is 9.20. The van der Waals surface area contributed by atoms with Crippen LogP contribution in [0, 0.1) is 22.7 Å². The standard InChI is InChI=1S/C22H29FO7S/c1-19-8-6-14(24)10-13(19)4-5-16-15-7-9-21(27,18(26)12-30-31(3,28)29)20(15,2)11-17(25)22(16,19)23/h6,8,10,15-17,25,27H,4-5,7,9,11-12H2,1-3H3/t15-,16-,17-,19-,20-,21-,22-/m0/s1. The molecule has 0 aromatic carbocycles. The number of halogens is 1. The van der Waals surface area contributed by atoms with Crippen LogP contribution >= 0.6 is 0 Å². The number of aliphatic hydroxyl groups excluding tert-OH is 1. The van der Waals surface area contributed by atoms with Crippen molar-refractivity contribution in [2.75, 3.05) is 12.9 Å². The minimum atomic E-state index is -3.87. The molecule has 4 aliphatic carbocycles. The lowest BCUT2D eigenvalue weighted by Gasteiger charge is -2.62. The number of carbonyl (C=O) groups excluding carboxylic acids is 2. The Morgan fingerprint density at radius 3 is 2.61 bits per heavy atom. The predicted molar refractivity (Wildman–Crippen MR) is 109 cm³/mol. The summed E-state index contributed by atoms with van der Waals surface area (Å²) in [6.45, 7) is 2.58. The summed E-state index contributed by atoms with van der Waals surface area (Å²) in [6, 6.07) is 0. The van der Waals surface area contributed by atoms with E-state index in [0.717, 1.165) is 6.26 Å². The summed E-state index contributed by atoms with van der Waals surface area (Å²) in [4.78, 5) is 24.7. The molecule has 0 spiro atoms. The van der Waals surface area contributed by atoms with Gasteiger partial charge in [-0.2, -0.15) is 8.42 Å². The maximum atomic E-state index is 16.9. The van der Waals surface area contributed by atoms with Crippen molar-refractivity contribution in [2.45, 2.75) is 63.3 Å². The molecule has 7 atom stereocenters. The van der Waals surface area contributed by atoms with Gasteiger partial charge in [-0.3, -0.25) is 13.8 Å². The van der Waals surface area contributed by atoms with Crippen molar-refractivity contribution < 1.29 is 36.8 Å². The molecule has 4 rings (SSSR count). The number of Topliss-reactive ketones (excluding diaryl/α,β-unsaturated/α-hetero) is 1. The molecular weight excluding hydrogens is 427 g/mol. The second-order valence-corrected chi connectivity index (χ2v) is 11.7. The van der Waals surface area contributed by atoms with Crippen LogP contribution in [0.4, 0.5) is 4.39 Å². The van der Waals surface area contributed by atoms with Crippen LogP contribution in [0.1, 0.15) is 46.0 Å². The highest BCUT2D eigenvalue weighted by Gasteiger charge is 2.74. The molecule has 0 bridgehead atoms. The van der Waals surface area contributed by atoms with Crippen molar-refractivity contribution in [2.24, 2.45) is 22.7 Å². The minimum Gasteiger partial charge on any atom is -0.390 e. The summed E-state index contributed by atoms with van der Waals surface area (Å²) in [7, 11) is -3.87. The van der Waals surface area contributed by atoms with Gasteiger partial charge < -0.3 is 10.2 Å². The van der Waals surface area contributed by atoms with E-state index < -0.39 is 62.5 Å². The normalized spacial score (nSPS) is 46.7. The van der Waals surface area contributed by atoms with Crippen molar-refractivity contribution >= 4 is 21.7 Å². The van der Waals surface area contributed by atoms with E-state index in [1.165, 1.54) is 12.2 Å². The number of rotatable bonds is 4. The van der Waals surface area contributed by atoms with Crippen molar-refractivity contribution in [1.82, 2.24) is 0 Å². The van der Waals surface area contributed by atoms with Gasteiger partial charge in [-0.25, -0.2) is 4.39 Å². The third kappa shape index (κ3) is 2.96. The van der Waals surface area contributed by atoms with Gasteiger partial charge in [0.05, 0.1) is 12.4 Å². The number of aliphatic hydroxyl groups is 2. The largest absolute Gasteiger partial charge is 0.390 e. The summed E-state index contributed by atoms with van der Waals surface area (Å²) in [5.74, 6) is -1.99. The first-order valence-corrected chi connectivity index (χ1v) is 12.4. The Labute approximate surface area is 181 Å². The maximum absolute atomic E-state index is 16.9. The lowest BCUT2D eigenvalue weighted by molar-refractivity contribution is -0.217. The quantitative estimate of drug-likeness (QED) is 0.618. The van der Waals surface area contributed by atoms with Gasteiger partial charge in [-0.05, 0) is 57.1 Å². The highest BCUT2D eigenvalue weighted by atomic mass is 32.2. The molecule has 9 heteroatoms. The van der Waals surface area contributed by atoms with Gasteiger partial charge in [0.25, 0.3) is 10.1 Å². The zero-order valence-electron chi connectivity index (χ0n) is 17.9. The summed E-state index contributed by atoms with van der Waals surface area (Å²) >= 11 is 0. The minimum absolute atomic E-state index is 0.0488. The summed E-state index contributed by atoms with van der Waals surface area (Å²) in [6.07, 6.45) is 4.84. The van der Waals surface area contributed by atoms with E-state index in [-0.39, 0.29) is 18.6 Å². The smallest absolute Gasteiger partial charge is 0.264 e. The Morgan fingerprint density at radius 2 is 1.97 bits per heavy atom. The Kier molecular flexibility index (Phi) is 4.99. The van der Waals surface area contributed by atoms with Crippen LogP contribution < -0.4 is 0 Å². The molecule has 0 aliphatic heterocycles. The predicted octanol–water partition coefficient (Wildman–Crippen LogP) is 1.63. The van der Waals surface area contributed by atoms with Gasteiger partial charge in [0, 0.05) is 16.7 Å². The molecule has 3 fully saturated rings. The fourth-order valence-corrected chi connectivity index (χ4v) is 7.27. The highest BCUT2D eigenvalue weighted by molar-refractivity contribution is 7.86. The van der Waals surface area contributed by atoms with E-state index in [2.05, 4.69) is 4.18 Å². The number of fused-ring (bicyclic) bond motifs is 5. The number of allylic oxidation sites excluding steroid dienone is 4. The fourth-order valence-electron chi connectivity index (χ4n) is 6.95. The van der Waals surface area contributed by atoms with Gasteiger partial charge in [0.2, 0.25) is 0 Å². The Bertz CT molecular complexity index is 1000. The molecule has 0 aromatic rings. The second kappa shape index (κ2) is 6.79. The Morgan fingerprint density at radius 1 is 1.29 bits per heavy atom. The number of hydrogen-bond donors (Lipinski definition) is 2. The summed E-state index contributed by atoms with van der Waals surface area (Å²) in [5.41, 5.74) is -5.58. The van der Waals surface area contributed by atoms with Crippen molar-refractivity contribution in [3.63, 3.8) is 0 Å². The number of alkyl halides is 1. The molecule has 7 nitrogen and oxygen atoms in total. The van der Waals surface area contributed by atoms with Crippen LogP contribution in [-0.4, -0.2) is 60.4 Å². The Hall–Kier alpha value is -1.42. The maximum Gasteiger partial charge on any atom is 0.264 e. The first kappa shape index (κ1) is 22.8. The van der Waals surface area contributed by atoms with Gasteiger partial charge in [-0.15, -0.1) is 0 Å². The molecule has 3 saturated carbocycles. The van der Waals surface area contributed by atoms with Gasteiger partial charge in [0.1, 0.15) is 12.2 Å². The average molecular weight is 457 g/mol. The van der Waals surface area contributed by atoms with Crippen molar-refractivity contribution in [3.8, 4) is 0 Å². The zero-order chi connectivity index (χ0) is 23.0. The van der Waals surface area contributed by atoms with Crippen LogP contribution in [0.3, 0.4) is 0 Å². The summed E-state index contributed by atoms with van der Waals surface area (Å²) in [5, 5.41) is 22.6. The molecular formula is C22H29FO7S. The number of hydrogen-bond acceptors (Lipinski definition) is 7. The van der Waals surface area contributed by atoms with Crippen molar-refractivity contribution in [1.29, 1.82) is 0 Å². The van der Waals surface area contributed by atoms with Crippen molar-refractivity contribution in [3.05, 3.63) is 23.8 Å². The molecule has 2 N–H and O–H groups in total. The Balaban J connectivity index is 1.71. The summed E-state index contributed by atoms with van der Waals surface area (Å²) < 4.78 is 44.1. The zero-order valence-corrected chi connectivity index (χ0v) is 18.7. The van der Waals surface area contributed by atoms with E-state index in [9.17, 15) is 28.2 Å². The third-order valence-electron chi connectivity index (χ3n) is 8.66. The topological polar surface area (TPSA) is 118 Å². The van der Waals surface area contributed by atoms with E-state index >= 15 is 4.39 Å². The molecule has 0 unspecified atom stereocenters. The monoisotopic (exact) mass is 456 g/mol. The van der Waals surface area contributed by atoms with E-state index in [1.54, 1.807) is 19.9 Å². The highest BCUT2D eigenvalue weighted by Crippen LogP contribution is 2.69. The van der Waals surface area contributed by atoms with Crippen LogP contribution in [0.25, 0.3) is 0 Å². The first-order chi connectivity index (χ1) is 14.2. The molecule has 4 aliphatic rings. The molecule has 0 saturated heterocycles. The van der Waals surface area contributed by atoms with Crippen LogP contribution in [0.15, 0.2) is 23.8 Å². The molecule has 31 heavy (non-hydrogen) atoms. The lowest BCUT2D eigenvalue weighted by Crippen LogP contribution is -2.69. The van der Waals surface area contributed by atoms with Gasteiger partial charge in [-0.1, -0.05) is 18.6 Å². The first-order valence-electron chi connectivity index (χ1n) is 10.6. The molecule has 172 valence electrons. The number of carbonyl (C=O) groups is 2. The fraction of sp³-hybridized carbons (Fsp3) is 0.727.